The molecule has 1 N–H and O–H groups in total. The van der Waals surface area contributed by atoms with Crippen molar-refractivity contribution >= 4 is 28.1 Å². The van der Waals surface area contributed by atoms with Crippen LogP contribution in [0.25, 0.3) is 0 Å². The van der Waals surface area contributed by atoms with Crippen LogP contribution in [0.4, 0.5) is 5.13 Å². The maximum Gasteiger partial charge on any atom is 0.185 e. The van der Waals surface area contributed by atoms with Crippen LogP contribution in [0.5, 0.6) is 0 Å². The van der Waals surface area contributed by atoms with E-state index in [1.807, 2.05) is 43.1 Å². The van der Waals surface area contributed by atoms with Crippen LogP contribution in [0.15, 0.2) is 24.3 Å². The van der Waals surface area contributed by atoms with Gasteiger partial charge in [0.2, 0.25) is 0 Å². The maximum atomic E-state index is 9.66. The molecule has 1 atom stereocenters. The Morgan fingerprint density at radius 1 is 1.42 bits per heavy atom. The number of rotatable bonds is 4. The lowest BCUT2D eigenvalue weighted by Crippen LogP contribution is -2.16. The zero-order chi connectivity index (χ0) is 14.0. The fourth-order valence-corrected chi connectivity index (χ4v) is 3.05. The normalized spacial score (nSPS) is 12.5. The number of aliphatic hydroxyl groups excluding tert-OH is 1. The van der Waals surface area contributed by atoms with Gasteiger partial charge in [-0.1, -0.05) is 41.1 Å². The second kappa shape index (κ2) is 5.90. The highest BCUT2D eigenvalue weighted by atomic mass is 35.5. The molecule has 0 aliphatic rings. The fourth-order valence-electron chi connectivity index (χ4n) is 1.89. The quantitative estimate of drug-likeness (QED) is 0.932. The SMILES string of the molecule is Cc1nc(N(C)Cc2ccccc2Cl)sc1C(C)O. The molecule has 0 amide bonds. The van der Waals surface area contributed by atoms with Crippen LogP contribution in [0.3, 0.4) is 0 Å². The summed E-state index contributed by atoms with van der Waals surface area (Å²) in [7, 11) is 1.98. The Morgan fingerprint density at radius 3 is 2.68 bits per heavy atom. The Kier molecular flexibility index (Phi) is 4.45. The molecule has 102 valence electrons. The van der Waals surface area contributed by atoms with E-state index in [0.29, 0.717) is 6.54 Å². The first-order valence-corrected chi connectivity index (χ1v) is 7.28. The van der Waals surface area contributed by atoms with Crippen LogP contribution in [-0.4, -0.2) is 17.1 Å². The van der Waals surface area contributed by atoms with E-state index in [-0.39, 0.29) is 0 Å². The van der Waals surface area contributed by atoms with Gasteiger partial charge in [0.1, 0.15) is 0 Å². The summed E-state index contributed by atoms with van der Waals surface area (Å²) in [4.78, 5) is 7.46. The number of anilines is 1. The highest BCUT2D eigenvalue weighted by Crippen LogP contribution is 2.31. The molecule has 0 spiro atoms. The maximum absolute atomic E-state index is 9.66. The number of aryl methyl sites for hydroxylation is 1. The van der Waals surface area contributed by atoms with Crippen molar-refractivity contribution in [2.24, 2.45) is 0 Å². The molecule has 0 aliphatic heterocycles. The smallest absolute Gasteiger partial charge is 0.185 e. The molecule has 1 unspecified atom stereocenters. The zero-order valence-electron chi connectivity index (χ0n) is 11.2. The van der Waals surface area contributed by atoms with Crippen molar-refractivity contribution in [1.29, 1.82) is 0 Å². The van der Waals surface area contributed by atoms with E-state index in [0.717, 1.165) is 26.3 Å². The van der Waals surface area contributed by atoms with Crippen LogP contribution in [0.1, 0.15) is 29.2 Å². The predicted octanol–water partition coefficient (Wildman–Crippen LogP) is 3.79. The number of aromatic nitrogens is 1. The van der Waals surface area contributed by atoms with Crippen molar-refractivity contribution in [2.75, 3.05) is 11.9 Å². The highest BCUT2D eigenvalue weighted by molar-refractivity contribution is 7.15. The lowest BCUT2D eigenvalue weighted by Gasteiger charge is -2.16. The first-order valence-electron chi connectivity index (χ1n) is 6.09. The van der Waals surface area contributed by atoms with Gasteiger partial charge in [-0.15, -0.1) is 0 Å². The van der Waals surface area contributed by atoms with Gasteiger partial charge in [0.25, 0.3) is 0 Å². The second-order valence-electron chi connectivity index (χ2n) is 4.57. The van der Waals surface area contributed by atoms with Crippen molar-refractivity contribution in [3.05, 3.63) is 45.4 Å². The van der Waals surface area contributed by atoms with E-state index < -0.39 is 6.10 Å². The van der Waals surface area contributed by atoms with Gasteiger partial charge in [0, 0.05) is 18.6 Å². The van der Waals surface area contributed by atoms with E-state index in [2.05, 4.69) is 4.98 Å². The molecule has 19 heavy (non-hydrogen) atoms. The average molecular weight is 297 g/mol. The summed E-state index contributed by atoms with van der Waals surface area (Å²) >= 11 is 7.68. The largest absolute Gasteiger partial charge is 0.388 e. The molecule has 3 nitrogen and oxygen atoms in total. The highest BCUT2D eigenvalue weighted by Gasteiger charge is 2.15. The predicted molar refractivity (Wildman–Crippen MR) is 81.0 cm³/mol. The van der Waals surface area contributed by atoms with E-state index in [1.54, 1.807) is 6.92 Å². The molecule has 0 saturated heterocycles. The van der Waals surface area contributed by atoms with Crippen molar-refractivity contribution in [1.82, 2.24) is 4.98 Å². The molecule has 2 rings (SSSR count). The van der Waals surface area contributed by atoms with Crippen molar-refractivity contribution in [3.8, 4) is 0 Å². The van der Waals surface area contributed by atoms with E-state index in [4.69, 9.17) is 11.6 Å². The van der Waals surface area contributed by atoms with Crippen LogP contribution in [0.2, 0.25) is 5.02 Å². The van der Waals surface area contributed by atoms with Crippen LogP contribution >= 0.6 is 22.9 Å². The van der Waals surface area contributed by atoms with Gasteiger partial charge in [-0.2, -0.15) is 0 Å². The third-order valence-electron chi connectivity index (χ3n) is 2.89. The van der Waals surface area contributed by atoms with E-state index >= 15 is 0 Å². The molecule has 5 heteroatoms. The Hall–Kier alpha value is -1.10. The van der Waals surface area contributed by atoms with E-state index in [9.17, 15) is 5.11 Å². The first kappa shape index (κ1) is 14.3. The minimum absolute atomic E-state index is 0.472. The van der Waals surface area contributed by atoms with Crippen LogP contribution in [0, 0.1) is 6.92 Å². The van der Waals surface area contributed by atoms with E-state index in [1.165, 1.54) is 11.3 Å². The first-order chi connectivity index (χ1) is 8.99. The summed E-state index contributed by atoms with van der Waals surface area (Å²) < 4.78 is 0. The van der Waals surface area contributed by atoms with Gasteiger partial charge in [0.15, 0.2) is 5.13 Å². The number of halogens is 1. The molecule has 0 radical (unpaired) electrons. The molecule has 0 aliphatic carbocycles. The molecular weight excluding hydrogens is 280 g/mol. The Bertz CT molecular complexity index is 568. The number of hydrogen-bond donors (Lipinski definition) is 1. The standard InChI is InChI=1S/C14H17ClN2OS/c1-9-13(10(2)18)19-14(16-9)17(3)8-11-6-4-5-7-12(11)15/h4-7,10,18H,8H2,1-3H3. The number of nitrogens with zero attached hydrogens (tertiary/aromatic N) is 2. The number of benzene rings is 1. The lowest BCUT2D eigenvalue weighted by atomic mass is 10.2. The van der Waals surface area contributed by atoms with Crippen LogP contribution < -0.4 is 4.90 Å². The molecular formula is C14H17ClN2OS. The monoisotopic (exact) mass is 296 g/mol. The molecule has 1 heterocycles. The van der Waals surface area contributed by atoms with Gasteiger partial charge in [-0.25, -0.2) is 4.98 Å². The average Bonchev–Trinajstić information content (AvgIpc) is 2.74. The molecule has 0 bridgehead atoms. The van der Waals surface area contributed by atoms with Crippen molar-refractivity contribution < 1.29 is 5.11 Å². The molecule has 2 aromatic rings. The van der Waals surface area contributed by atoms with Gasteiger partial charge >= 0.3 is 0 Å². The third kappa shape index (κ3) is 3.26. The molecule has 0 saturated carbocycles. The van der Waals surface area contributed by atoms with Gasteiger partial charge in [-0.05, 0) is 25.5 Å². The molecule has 1 aromatic heterocycles. The van der Waals surface area contributed by atoms with Crippen molar-refractivity contribution in [3.63, 3.8) is 0 Å². The van der Waals surface area contributed by atoms with Gasteiger partial charge in [-0.3, -0.25) is 0 Å². The topological polar surface area (TPSA) is 36.4 Å². The Labute approximate surface area is 122 Å². The van der Waals surface area contributed by atoms with Gasteiger partial charge < -0.3 is 10.0 Å². The molecule has 1 aromatic carbocycles. The zero-order valence-corrected chi connectivity index (χ0v) is 12.8. The summed E-state index contributed by atoms with van der Waals surface area (Å²) in [5, 5.41) is 11.3. The second-order valence-corrected chi connectivity index (χ2v) is 5.99. The summed E-state index contributed by atoms with van der Waals surface area (Å²) in [6.07, 6.45) is -0.472. The minimum atomic E-state index is -0.472. The summed E-state index contributed by atoms with van der Waals surface area (Å²) in [6.45, 7) is 4.38. The van der Waals surface area contributed by atoms with Crippen molar-refractivity contribution in [2.45, 2.75) is 26.5 Å². The lowest BCUT2D eigenvalue weighted by molar-refractivity contribution is 0.202. The minimum Gasteiger partial charge on any atom is -0.388 e. The molecule has 0 fully saturated rings. The number of hydrogen-bond acceptors (Lipinski definition) is 4. The number of aliphatic hydroxyl groups is 1. The Morgan fingerprint density at radius 2 is 2.11 bits per heavy atom. The Balaban J connectivity index is 2.19. The van der Waals surface area contributed by atoms with Gasteiger partial charge in [0.05, 0.1) is 16.7 Å². The summed E-state index contributed by atoms with van der Waals surface area (Å²) in [6, 6.07) is 7.79. The summed E-state index contributed by atoms with van der Waals surface area (Å²) in [5.41, 5.74) is 1.96. The third-order valence-corrected chi connectivity index (χ3v) is 4.70. The fraction of sp³-hybridized carbons (Fsp3) is 0.357. The van der Waals surface area contributed by atoms with Crippen LogP contribution in [-0.2, 0) is 6.54 Å². The summed E-state index contributed by atoms with van der Waals surface area (Å²) in [5.74, 6) is 0. The number of thiazole rings is 1.